The van der Waals surface area contributed by atoms with Crippen LogP contribution < -0.4 is 15.4 Å². The zero-order valence-electron chi connectivity index (χ0n) is 13.8. The van der Waals surface area contributed by atoms with E-state index in [2.05, 4.69) is 36.3 Å². The molecule has 0 saturated carbocycles. The lowest BCUT2D eigenvalue weighted by Gasteiger charge is -2.21. The number of guanidine groups is 1. The Morgan fingerprint density at radius 1 is 1.19 bits per heavy atom. The Balaban J connectivity index is 1.72. The number of halogens is 3. The molecule has 140 valence electrons. The summed E-state index contributed by atoms with van der Waals surface area (Å²) in [6.45, 7) is -2.94. The van der Waals surface area contributed by atoms with Crippen molar-refractivity contribution < 1.29 is 23.1 Å². The fourth-order valence-corrected chi connectivity index (χ4v) is 2.77. The van der Waals surface area contributed by atoms with E-state index < -0.39 is 18.6 Å². The van der Waals surface area contributed by atoms with Crippen LogP contribution in [-0.2, 0) is 4.79 Å². The molecular weight excluding hydrogens is 424 g/mol. The third kappa shape index (κ3) is 5.10. The molecule has 0 aromatic heterocycles. The van der Waals surface area contributed by atoms with Crippen molar-refractivity contribution in [1.82, 2.24) is 10.6 Å². The van der Waals surface area contributed by atoms with Gasteiger partial charge < -0.3 is 4.74 Å². The van der Waals surface area contributed by atoms with Gasteiger partial charge in [0.15, 0.2) is 0 Å². The van der Waals surface area contributed by atoms with Crippen LogP contribution in [0.2, 0.25) is 0 Å². The lowest BCUT2D eigenvalue weighted by molar-refractivity contribution is -0.120. The van der Waals surface area contributed by atoms with Gasteiger partial charge in [-0.2, -0.15) is 8.78 Å². The van der Waals surface area contributed by atoms with Crippen molar-refractivity contribution in [3.8, 4) is 5.75 Å². The standard InChI is InChI=1S/C18H14BrF2N3O3/c19-12-5-1-10(2-6-12)14-9-15(25)23-18(22-14)24-16(26)11-3-7-13(8-4-11)27-17(20)21/h1-8,14,17H,9H2,(H2,22,23,24,25,26). The Morgan fingerprint density at radius 2 is 1.85 bits per heavy atom. The molecule has 2 N–H and O–H groups in total. The van der Waals surface area contributed by atoms with Gasteiger partial charge in [0, 0.05) is 10.0 Å². The Hall–Kier alpha value is -2.81. The molecule has 0 fully saturated rings. The van der Waals surface area contributed by atoms with E-state index in [4.69, 9.17) is 0 Å². The first-order valence-electron chi connectivity index (χ1n) is 7.90. The summed E-state index contributed by atoms with van der Waals surface area (Å²) in [7, 11) is 0. The van der Waals surface area contributed by atoms with E-state index in [0.717, 1.165) is 10.0 Å². The van der Waals surface area contributed by atoms with Crippen LogP contribution in [0.1, 0.15) is 28.4 Å². The van der Waals surface area contributed by atoms with Gasteiger partial charge >= 0.3 is 6.61 Å². The van der Waals surface area contributed by atoms with Crippen molar-refractivity contribution >= 4 is 33.7 Å². The third-order valence-corrected chi connectivity index (χ3v) is 4.28. The summed E-state index contributed by atoms with van der Waals surface area (Å²) >= 11 is 3.35. The van der Waals surface area contributed by atoms with Crippen LogP contribution in [-0.4, -0.2) is 24.4 Å². The normalized spacial score (nSPS) is 16.5. The summed E-state index contributed by atoms with van der Waals surface area (Å²) in [5, 5.41) is 5.03. The first kappa shape index (κ1) is 19.0. The zero-order chi connectivity index (χ0) is 19.4. The number of rotatable bonds is 4. The molecule has 2 amide bonds. The fraction of sp³-hybridized carbons (Fsp3) is 0.167. The number of hydrogen-bond acceptors (Lipinski definition) is 4. The SMILES string of the molecule is O=C1CC(c2ccc(Br)cc2)N=C(NC(=O)c2ccc(OC(F)F)cc2)N1. The number of carbonyl (C=O) groups excluding carboxylic acids is 2. The smallest absolute Gasteiger partial charge is 0.387 e. The number of ether oxygens (including phenoxy) is 1. The van der Waals surface area contributed by atoms with Gasteiger partial charge in [-0.25, -0.2) is 4.99 Å². The third-order valence-electron chi connectivity index (χ3n) is 3.75. The van der Waals surface area contributed by atoms with E-state index >= 15 is 0 Å². The monoisotopic (exact) mass is 437 g/mol. The highest BCUT2D eigenvalue weighted by molar-refractivity contribution is 9.10. The number of nitrogens with zero attached hydrogens (tertiary/aromatic N) is 1. The van der Waals surface area contributed by atoms with E-state index in [0.29, 0.717) is 0 Å². The van der Waals surface area contributed by atoms with Crippen LogP contribution in [0.25, 0.3) is 0 Å². The van der Waals surface area contributed by atoms with Crippen LogP contribution in [0.4, 0.5) is 8.78 Å². The molecule has 0 aliphatic carbocycles. The van der Waals surface area contributed by atoms with Crippen LogP contribution >= 0.6 is 15.9 Å². The number of hydrogen-bond donors (Lipinski definition) is 2. The van der Waals surface area contributed by atoms with Crippen molar-refractivity contribution in [3.63, 3.8) is 0 Å². The molecule has 3 rings (SSSR count). The minimum Gasteiger partial charge on any atom is -0.435 e. The number of benzene rings is 2. The molecule has 1 atom stereocenters. The quantitative estimate of drug-likeness (QED) is 0.768. The number of alkyl halides is 2. The molecule has 0 spiro atoms. The van der Waals surface area contributed by atoms with E-state index in [1.54, 1.807) is 0 Å². The maximum Gasteiger partial charge on any atom is 0.387 e. The van der Waals surface area contributed by atoms with E-state index in [9.17, 15) is 18.4 Å². The maximum atomic E-state index is 12.3. The predicted octanol–water partition coefficient (Wildman–Crippen LogP) is 3.40. The van der Waals surface area contributed by atoms with E-state index in [-0.39, 0.29) is 29.6 Å². The summed E-state index contributed by atoms with van der Waals surface area (Å²) in [5.41, 5.74) is 1.05. The molecule has 6 nitrogen and oxygen atoms in total. The van der Waals surface area contributed by atoms with Crippen molar-refractivity contribution in [2.45, 2.75) is 19.1 Å². The second-order valence-electron chi connectivity index (χ2n) is 5.65. The van der Waals surface area contributed by atoms with Gasteiger partial charge in [-0.15, -0.1) is 0 Å². The molecule has 9 heteroatoms. The molecule has 1 unspecified atom stereocenters. The molecule has 1 aliphatic heterocycles. The summed E-state index contributed by atoms with van der Waals surface area (Å²) < 4.78 is 29.5. The maximum absolute atomic E-state index is 12.3. The summed E-state index contributed by atoms with van der Waals surface area (Å²) in [6, 6.07) is 12.2. The highest BCUT2D eigenvalue weighted by atomic mass is 79.9. The largest absolute Gasteiger partial charge is 0.435 e. The number of amides is 2. The molecule has 0 radical (unpaired) electrons. The van der Waals surface area contributed by atoms with Crippen LogP contribution in [0.5, 0.6) is 5.75 Å². The lowest BCUT2D eigenvalue weighted by Crippen LogP contribution is -2.47. The minimum atomic E-state index is -2.94. The molecular formula is C18H14BrF2N3O3. The second-order valence-corrected chi connectivity index (χ2v) is 6.57. The first-order valence-corrected chi connectivity index (χ1v) is 8.69. The van der Waals surface area contributed by atoms with Gasteiger partial charge in [-0.3, -0.25) is 20.2 Å². The second kappa shape index (κ2) is 8.26. The Kier molecular flexibility index (Phi) is 5.80. The molecule has 0 bridgehead atoms. The molecule has 27 heavy (non-hydrogen) atoms. The minimum absolute atomic E-state index is 0.0390. The van der Waals surface area contributed by atoms with Crippen molar-refractivity contribution in [2.75, 3.05) is 0 Å². The van der Waals surface area contributed by atoms with Crippen molar-refractivity contribution in [1.29, 1.82) is 0 Å². The van der Waals surface area contributed by atoms with Gasteiger partial charge in [-0.1, -0.05) is 28.1 Å². The lowest BCUT2D eigenvalue weighted by atomic mass is 10.0. The Morgan fingerprint density at radius 3 is 2.48 bits per heavy atom. The highest BCUT2D eigenvalue weighted by Gasteiger charge is 2.23. The molecule has 1 aliphatic rings. The number of nitrogens with one attached hydrogen (secondary N) is 2. The van der Waals surface area contributed by atoms with Gasteiger partial charge in [0.05, 0.1) is 12.5 Å². The van der Waals surface area contributed by atoms with Gasteiger partial charge in [0.25, 0.3) is 5.91 Å². The van der Waals surface area contributed by atoms with Crippen LogP contribution in [0, 0.1) is 0 Å². The summed E-state index contributed by atoms with van der Waals surface area (Å²) in [6.07, 6.45) is 0.167. The molecule has 2 aromatic carbocycles. The van der Waals surface area contributed by atoms with Gasteiger partial charge in [-0.05, 0) is 42.0 Å². The predicted molar refractivity (Wildman–Crippen MR) is 97.6 cm³/mol. The average molecular weight is 438 g/mol. The van der Waals surface area contributed by atoms with Crippen molar-refractivity contribution in [3.05, 3.63) is 64.1 Å². The highest BCUT2D eigenvalue weighted by Crippen LogP contribution is 2.25. The first-order chi connectivity index (χ1) is 12.9. The van der Waals surface area contributed by atoms with Gasteiger partial charge in [0.1, 0.15) is 5.75 Å². The number of aliphatic imine (C=N–C) groups is 1. The molecule has 2 aromatic rings. The van der Waals surface area contributed by atoms with E-state index in [1.165, 1.54) is 24.3 Å². The zero-order valence-corrected chi connectivity index (χ0v) is 15.4. The topological polar surface area (TPSA) is 79.8 Å². The number of carbonyl (C=O) groups is 2. The molecule has 1 heterocycles. The Bertz CT molecular complexity index is 870. The Labute approximate surface area is 161 Å². The summed E-state index contributed by atoms with van der Waals surface area (Å²) in [5.74, 6) is -0.819. The van der Waals surface area contributed by atoms with Gasteiger partial charge in [0.2, 0.25) is 11.9 Å². The van der Waals surface area contributed by atoms with Crippen LogP contribution in [0.15, 0.2) is 58.0 Å². The molecule has 0 saturated heterocycles. The van der Waals surface area contributed by atoms with Crippen molar-refractivity contribution in [2.24, 2.45) is 4.99 Å². The average Bonchev–Trinajstić information content (AvgIpc) is 2.62. The van der Waals surface area contributed by atoms with E-state index in [1.807, 2.05) is 24.3 Å². The summed E-state index contributed by atoms with van der Waals surface area (Å²) in [4.78, 5) is 28.6. The fourth-order valence-electron chi connectivity index (χ4n) is 2.50. The van der Waals surface area contributed by atoms with Crippen LogP contribution in [0.3, 0.4) is 0 Å².